The molecule has 1 atom stereocenters. The first-order valence-electron chi connectivity index (χ1n) is 6.36. The zero-order valence-corrected chi connectivity index (χ0v) is 12.2. The fourth-order valence-corrected chi connectivity index (χ4v) is 1.76. The number of carbonyl (C=O) groups excluding carboxylic acids is 1. The molecule has 0 aromatic carbocycles. The minimum absolute atomic E-state index is 0.225. The van der Waals surface area contributed by atoms with Crippen molar-refractivity contribution in [2.24, 2.45) is 0 Å². The molecule has 0 aliphatic carbocycles. The maximum Gasteiger partial charge on any atom is 0.341 e. The Morgan fingerprint density at radius 3 is 2.74 bits per heavy atom. The van der Waals surface area contributed by atoms with Gasteiger partial charge in [-0.05, 0) is 34.9 Å². The Balaban J connectivity index is 2.74. The molecule has 19 heavy (non-hydrogen) atoms. The monoisotopic (exact) mass is 266 g/mol. The molecule has 0 amide bonds. The van der Waals surface area contributed by atoms with Crippen molar-refractivity contribution in [3.63, 3.8) is 0 Å². The number of likely N-dealkylation sites (N-methyl/N-ethyl adjacent to an activating group) is 1. The number of nitrogens with zero attached hydrogens (tertiary/aromatic N) is 3. The van der Waals surface area contributed by atoms with Crippen LogP contribution >= 0.6 is 0 Å². The molecule has 0 radical (unpaired) electrons. The van der Waals surface area contributed by atoms with Gasteiger partial charge in [-0.2, -0.15) is 0 Å². The summed E-state index contributed by atoms with van der Waals surface area (Å²) in [5.74, 6) is 0.146. The molecule has 0 saturated carbocycles. The quantitative estimate of drug-likeness (QED) is 0.783. The zero-order valence-electron chi connectivity index (χ0n) is 12.2. The average Bonchev–Trinajstić information content (AvgIpc) is 2.27. The third-order valence-corrected chi connectivity index (χ3v) is 2.49. The summed E-state index contributed by atoms with van der Waals surface area (Å²) >= 11 is 0. The van der Waals surface area contributed by atoms with Gasteiger partial charge in [0.2, 0.25) is 5.95 Å². The van der Waals surface area contributed by atoms with Gasteiger partial charge in [-0.3, -0.25) is 0 Å². The van der Waals surface area contributed by atoms with Crippen molar-refractivity contribution in [1.29, 1.82) is 0 Å². The van der Waals surface area contributed by atoms with E-state index in [-0.39, 0.29) is 12.0 Å². The Morgan fingerprint density at radius 2 is 2.21 bits per heavy atom. The second-order valence-corrected chi connectivity index (χ2v) is 4.72. The van der Waals surface area contributed by atoms with Gasteiger partial charge in [0, 0.05) is 18.8 Å². The molecule has 106 valence electrons. The Labute approximate surface area is 114 Å². The van der Waals surface area contributed by atoms with Gasteiger partial charge in [0.1, 0.15) is 0 Å². The molecule has 1 heterocycles. The second kappa shape index (κ2) is 7.04. The summed E-state index contributed by atoms with van der Waals surface area (Å²) in [5.41, 5.74) is 1.03. The number of aromatic nitrogens is 2. The van der Waals surface area contributed by atoms with Crippen molar-refractivity contribution in [3.05, 3.63) is 17.5 Å². The van der Waals surface area contributed by atoms with Crippen LogP contribution in [0.2, 0.25) is 0 Å². The van der Waals surface area contributed by atoms with Gasteiger partial charge in [0.05, 0.1) is 17.9 Å². The van der Waals surface area contributed by atoms with Crippen molar-refractivity contribution in [3.8, 4) is 0 Å². The maximum atomic E-state index is 11.6. The lowest BCUT2D eigenvalue weighted by molar-refractivity contribution is 0.0524. The largest absolute Gasteiger partial charge is 0.462 e. The van der Waals surface area contributed by atoms with E-state index in [1.54, 1.807) is 13.8 Å². The molecule has 6 nitrogen and oxygen atoms in total. The Kier molecular flexibility index (Phi) is 5.69. The van der Waals surface area contributed by atoms with E-state index in [4.69, 9.17) is 4.74 Å². The van der Waals surface area contributed by atoms with E-state index in [1.807, 2.05) is 14.1 Å². The molecule has 1 rings (SSSR count). The number of rotatable bonds is 6. The minimum Gasteiger partial charge on any atom is -0.462 e. The molecule has 0 fully saturated rings. The van der Waals surface area contributed by atoms with Crippen molar-refractivity contribution in [2.75, 3.05) is 32.6 Å². The smallest absolute Gasteiger partial charge is 0.341 e. The summed E-state index contributed by atoms with van der Waals surface area (Å²) < 4.78 is 4.94. The average molecular weight is 266 g/mol. The van der Waals surface area contributed by atoms with E-state index in [1.165, 1.54) is 6.20 Å². The molecule has 1 N–H and O–H groups in total. The van der Waals surface area contributed by atoms with E-state index in [0.29, 0.717) is 23.8 Å². The van der Waals surface area contributed by atoms with Crippen molar-refractivity contribution in [2.45, 2.75) is 26.8 Å². The number of anilines is 1. The van der Waals surface area contributed by atoms with Crippen LogP contribution in [0.1, 0.15) is 29.9 Å². The summed E-state index contributed by atoms with van der Waals surface area (Å²) in [4.78, 5) is 22.1. The first-order chi connectivity index (χ1) is 8.93. The highest BCUT2D eigenvalue weighted by Gasteiger charge is 2.13. The van der Waals surface area contributed by atoms with E-state index in [0.717, 1.165) is 6.54 Å². The third kappa shape index (κ3) is 4.82. The summed E-state index contributed by atoms with van der Waals surface area (Å²) in [7, 11) is 4.02. The topological polar surface area (TPSA) is 67.3 Å². The molecule has 0 bridgehead atoms. The van der Waals surface area contributed by atoms with Crippen LogP contribution in [-0.4, -0.2) is 54.1 Å². The number of carbonyl (C=O) groups is 1. The van der Waals surface area contributed by atoms with Crippen molar-refractivity contribution >= 4 is 11.9 Å². The number of nitrogens with one attached hydrogen (secondary N) is 1. The summed E-state index contributed by atoms with van der Waals surface area (Å²) in [6.45, 7) is 6.82. The Morgan fingerprint density at radius 1 is 1.53 bits per heavy atom. The van der Waals surface area contributed by atoms with E-state index < -0.39 is 0 Å². The zero-order chi connectivity index (χ0) is 14.4. The van der Waals surface area contributed by atoms with Gasteiger partial charge in [0.25, 0.3) is 0 Å². The first kappa shape index (κ1) is 15.4. The van der Waals surface area contributed by atoms with Crippen LogP contribution in [0.5, 0.6) is 0 Å². The number of hydrogen-bond donors (Lipinski definition) is 1. The van der Waals surface area contributed by atoms with Crippen molar-refractivity contribution in [1.82, 2.24) is 14.9 Å². The predicted octanol–water partition coefficient (Wildman–Crippen LogP) is 1.32. The lowest BCUT2D eigenvalue weighted by Gasteiger charge is -2.18. The minimum atomic E-state index is -0.382. The van der Waals surface area contributed by atoms with Crippen LogP contribution in [0, 0.1) is 6.92 Å². The first-order valence-corrected chi connectivity index (χ1v) is 6.36. The van der Waals surface area contributed by atoms with Gasteiger partial charge < -0.3 is 15.0 Å². The van der Waals surface area contributed by atoms with Gasteiger partial charge >= 0.3 is 5.97 Å². The molecule has 1 aromatic heterocycles. The van der Waals surface area contributed by atoms with Crippen LogP contribution in [0.15, 0.2) is 6.20 Å². The normalized spacial score (nSPS) is 12.3. The van der Waals surface area contributed by atoms with E-state index in [2.05, 4.69) is 27.1 Å². The Bertz CT molecular complexity index is 435. The van der Waals surface area contributed by atoms with Gasteiger partial charge in [-0.1, -0.05) is 0 Å². The van der Waals surface area contributed by atoms with Crippen LogP contribution in [-0.2, 0) is 4.74 Å². The lowest BCUT2D eigenvalue weighted by atomic mass is 10.2. The van der Waals surface area contributed by atoms with E-state index in [9.17, 15) is 4.79 Å². The molecule has 6 heteroatoms. The van der Waals surface area contributed by atoms with E-state index >= 15 is 0 Å². The van der Waals surface area contributed by atoms with Crippen LogP contribution in [0.3, 0.4) is 0 Å². The summed E-state index contributed by atoms with van der Waals surface area (Å²) in [5, 5.41) is 3.20. The summed E-state index contributed by atoms with van der Waals surface area (Å²) in [6, 6.07) is 0.225. The molecule has 1 aromatic rings. The molecule has 0 aliphatic rings. The number of aryl methyl sites for hydroxylation is 1. The highest BCUT2D eigenvalue weighted by molar-refractivity contribution is 5.90. The molecular formula is C13H22N4O2. The number of hydrogen-bond acceptors (Lipinski definition) is 6. The highest BCUT2D eigenvalue weighted by atomic mass is 16.5. The fraction of sp³-hybridized carbons (Fsp3) is 0.615. The number of esters is 1. The molecular weight excluding hydrogens is 244 g/mol. The van der Waals surface area contributed by atoms with Crippen LogP contribution < -0.4 is 5.32 Å². The van der Waals surface area contributed by atoms with Gasteiger partial charge in [-0.25, -0.2) is 14.8 Å². The molecule has 0 aliphatic heterocycles. The fourth-order valence-electron chi connectivity index (χ4n) is 1.76. The maximum absolute atomic E-state index is 11.6. The molecule has 0 spiro atoms. The van der Waals surface area contributed by atoms with Crippen LogP contribution in [0.4, 0.5) is 5.95 Å². The molecule has 1 unspecified atom stereocenters. The van der Waals surface area contributed by atoms with Gasteiger partial charge in [0.15, 0.2) is 0 Å². The molecule has 0 saturated heterocycles. The SMILES string of the molecule is CCOC(=O)c1cnc(NC(C)CN(C)C)nc1C. The standard InChI is InChI=1S/C13H22N4O2/c1-6-19-12(18)11-7-14-13(16-10(11)3)15-9(2)8-17(4)5/h7,9H,6,8H2,1-5H3,(H,14,15,16). The van der Waals surface area contributed by atoms with Gasteiger partial charge in [-0.15, -0.1) is 0 Å². The number of ether oxygens (including phenoxy) is 1. The van der Waals surface area contributed by atoms with Crippen LogP contribution in [0.25, 0.3) is 0 Å². The van der Waals surface area contributed by atoms with Crippen molar-refractivity contribution < 1.29 is 9.53 Å². The lowest BCUT2D eigenvalue weighted by Crippen LogP contribution is -2.30. The predicted molar refractivity (Wildman–Crippen MR) is 74.4 cm³/mol. The Hall–Kier alpha value is -1.69. The summed E-state index contributed by atoms with van der Waals surface area (Å²) in [6.07, 6.45) is 1.50. The third-order valence-electron chi connectivity index (χ3n) is 2.49. The highest BCUT2D eigenvalue weighted by Crippen LogP contribution is 2.09. The second-order valence-electron chi connectivity index (χ2n) is 4.72.